The number of primary amides is 1. The second-order valence-electron chi connectivity index (χ2n) is 4.96. The van der Waals surface area contributed by atoms with E-state index in [1.807, 2.05) is 6.92 Å². The fraction of sp³-hybridized carbons (Fsp3) is 0.462. The summed E-state index contributed by atoms with van der Waals surface area (Å²) in [6.45, 7) is 6.70. The van der Waals surface area contributed by atoms with Crippen LogP contribution in [0.1, 0.15) is 31.1 Å². The molecule has 0 heterocycles. The van der Waals surface area contributed by atoms with Gasteiger partial charge in [-0.1, -0.05) is 25.4 Å². The molecule has 1 rings (SSSR count). The van der Waals surface area contributed by atoms with Gasteiger partial charge in [0.2, 0.25) is 5.91 Å². The van der Waals surface area contributed by atoms with Gasteiger partial charge in [0.1, 0.15) is 0 Å². The van der Waals surface area contributed by atoms with E-state index in [2.05, 4.69) is 19.2 Å². The van der Waals surface area contributed by atoms with Gasteiger partial charge in [0.25, 0.3) is 0 Å². The van der Waals surface area contributed by atoms with Gasteiger partial charge in [0.15, 0.2) is 0 Å². The highest BCUT2D eigenvalue weighted by Gasteiger charge is 2.27. The summed E-state index contributed by atoms with van der Waals surface area (Å²) >= 11 is 6.13. The largest absolute Gasteiger partial charge is 0.377 e. The molecule has 1 amide bonds. The fourth-order valence-electron chi connectivity index (χ4n) is 1.51. The van der Waals surface area contributed by atoms with Crippen molar-refractivity contribution < 1.29 is 4.79 Å². The van der Waals surface area contributed by atoms with Crippen LogP contribution in [0, 0.1) is 5.92 Å². The molecule has 0 spiro atoms. The molecule has 0 aliphatic heterocycles. The number of nitrogens with one attached hydrogen (secondary N) is 1. The van der Waals surface area contributed by atoms with Crippen molar-refractivity contribution in [2.45, 2.75) is 26.3 Å². The second-order valence-corrected chi connectivity index (χ2v) is 5.37. The topological polar surface area (TPSA) is 81.1 Å². The molecule has 4 nitrogen and oxygen atoms in total. The number of anilines is 1. The third-order valence-electron chi connectivity index (χ3n) is 3.37. The molecule has 0 fully saturated rings. The quantitative estimate of drug-likeness (QED) is 0.767. The molecular formula is C13H20ClN3O. The predicted molar refractivity (Wildman–Crippen MR) is 75.9 cm³/mol. The van der Waals surface area contributed by atoms with Gasteiger partial charge < -0.3 is 16.8 Å². The minimum atomic E-state index is -0.492. The number of halogens is 1. The van der Waals surface area contributed by atoms with E-state index in [-0.39, 0.29) is 5.54 Å². The lowest BCUT2D eigenvalue weighted by atomic mass is 9.88. The van der Waals surface area contributed by atoms with Crippen molar-refractivity contribution in [1.29, 1.82) is 0 Å². The van der Waals surface area contributed by atoms with Crippen LogP contribution in [0.25, 0.3) is 0 Å². The van der Waals surface area contributed by atoms with Crippen molar-refractivity contribution in [1.82, 2.24) is 0 Å². The third-order valence-corrected chi connectivity index (χ3v) is 3.68. The van der Waals surface area contributed by atoms with Crippen LogP contribution in [0.2, 0.25) is 5.02 Å². The zero-order valence-corrected chi connectivity index (χ0v) is 11.7. The van der Waals surface area contributed by atoms with Crippen molar-refractivity contribution >= 4 is 23.2 Å². The van der Waals surface area contributed by atoms with Gasteiger partial charge in [0.05, 0.1) is 10.7 Å². The van der Waals surface area contributed by atoms with Gasteiger partial charge in [-0.05, 0) is 31.0 Å². The van der Waals surface area contributed by atoms with Crippen LogP contribution in [0.4, 0.5) is 5.69 Å². The molecule has 1 unspecified atom stereocenters. The Morgan fingerprint density at radius 1 is 1.50 bits per heavy atom. The molecule has 0 radical (unpaired) electrons. The Morgan fingerprint density at radius 2 is 2.11 bits per heavy atom. The lowest BCUT2D eigenvalue weighted by Crippen LogP contribution is -2.47. The van der Waals surface area contributed by atoms with E-state index < -0.39 is 5.91 Å². The number of carbonyl (C=O) groups excluding carboxylic acids is 1. The van der Waals surface area contributed by atoms with Crippen LogP contribution in [0.5, 0.6) is 0 Å². The summed E-state index contributed by atoms with van der Waals surface area (Å²) in [5, 5.41) is 3.79. The fourth-order valence-corrected chi connectivity index (χ4v) is 1.74. The number of carbonyl (C=O) groups is 1. The molecule has 18 heavy (non-hydrogen) atoms. The maximum Gasteiger partial charge on any atom is 0.248 e. The molecule has 1 aromatic carbocycles. The number of hydrogen-bond acceptors (Lipinski definition) is 3. The van der Waals surface area contributed by atoms with Gasteiger partial charge in [-0.15, -0.1) is 0 Å². The Balaban J connectivity index is 3.02. The van der Waals surface area contributed by atoms with E-state index in [1.54, 1.807) is 18.2 Å². The van der Waals surface area contributed by atoms with Gasteiger partial charge >= 0.3 is 0 Å². The van der Waals surface area contributed by atoms with Gasteiger partial charge in [-0.3, -0.25) is 4.79 Å². The van der Waals surface area contributed by atoms with E-state index in [0.29, 0.717) is 23.0 Å². The van der Waals surface area contributed by atoms with Crippen molar-refractivity contribution in [2.75, 3.05) is 11.9 Å². The summed E-state index contributed by atoms with van der Waals surface area (Å²) in [4.78, 5) is 11.0. The Hall–Kier alpha value is -1.26. The molecule has 5 N–H and O–H groups in total. The highest BCUT2D eigenvalue weighted by molar-refractivity contribution is 6.33. The lowest BCUT2D eigenvalue weighted by Gasteiger charge is -2.35. The summed E-state index contributed by atoms with van der Waals surface area (Å²) < 4.78 is 0. The highest BCUT2D eigenvalue weighted by Crippen LogP contribution is 2.28. The van der Waals surface area contributed by atoms with Crippen LogP contribution < -0.4 is 16.8 Å². The second kappa shape index (κ2) is 5.59. The van der Waals surface area contributed by atoms with Crippen LogP contribution in [-0.2, 0) is 0 Å². The van der Waals surface area contributed by atoms with Gasteiger partial charge in [-0.2, -0.15) is 0 Å². The number of amides is 1. The minimum absolute atomic E-state index is 0.252. The lowest BCUT2D eigenvalue weighted by molar-refractivity contribution is 0.100. The molecule has 1 aromatic rings. The first-order chi connectivity index (χ1) is 8.30. The Kier molecular flexibility index (Phi) is 4.59. The summed E-state index contributed by atoms with van der Waals surface area (Å²) in [5.74, 6) is -0.150. The Bertz CT molecular complexity index is 448. The van der Waals surface area contributed by atoms with E-state index in [9.17, 15) is 4.79 Å². The molecule has 0 saturated carbocycles. The predicted octanol–water partition coefficient (Wildman–Crippen LogP) is 2.22. The Labute approximate surface area is 113 Å². The van der Waals surface area contributed by atoms with Crippen molar-refractivity contribution in [3.63, 3.8) is 0 Å². The maximum absolute atomic E-state index is 11.0. The molecule has 0 aromatic heterocycles. The van der Waals surface area contributed by atoms with E-state index >= 15 is 0 Å². The van der Waals surface area contributed by atoms with Gasteiger partial charge in [0, 0.05) is 17.6 Å². The first-order valence-electron chi connectivity index (χ1n) is 5.87. The number of benzene rings is 1. The maximum atomic E-state index is 11.0. The van der Waals surface area contributed by atoms with Crippen LogP contribution in [0.3, 0.4) is 0 Å². The molecule has 0 aliphatic carbocycles. The molecule has 1 atom stereocenters. The molecule has 100 valence electrons. The van der Waals surface area contributed by atoms with Crippen molar-refractivity contribution in [3.05, 3.63) is 28.8 Å². The van der Waals surface area contributed by atoms with Gasteiger partial charge in [-0.25, -0.2) is 0 Å². The standard InChI is InChI=1S/C13H20ClN3O/c1-8(2)13(3,7-15)17-11-5-4-9(12(16)18)6-10(11)14/h4-6,8,17H,7,15H2,1-3H3,(H2,16,18). The van der Waals surface area contributed by atoms with Crippen molar-refractivity contribution in [3.8, 4) is 0 Å². The number of hydrogen-bond donors (Lipinski definition) is 3. The van der Waals surface area contributed by atoms with Crippen LogP contribution >= 0.6 is 11.6 Å². The zero-order chi connectivity index (χ0) is 13.9. The molecule has 0 bridgehead atoms. The first kappa shape index (κ1) is 14.8. The SMILES string of the molecule is CC(C)C(C)(CN)Nc1ccc(C(N)=O)cc1Cl. The summed E-state index contributed by atoms with van der Waals surface area (Å²) in [6.07, 6.45) is 0. The van der Waals surface area contributed by atoms with Crippen LogP contribution in [0.15, 0.2) is 18.2 Å². The normalized spacial score (nSPS) is 14.3. The summed E-state index contributed by atoms with van der Waals surface area (Å²) in [5.41, 5.74) is 11.9. The summed E-state index contributed by atoms with van der Waals surface area (Å²) in [6, 6.07) is 4.95. The van der Waals surface area contributed by atoms with E-state index in [0.717, 1.165) is 5.69 Å². The van der Waals surface area contributed by atoms with E-state index in [4.69, 9.17) is 23.1 Å². The highest BCUT2D eigenvalue weighted by atomic mass is 35.5. The van der Waals surface area contributed by atoms with Crippen LogP contribution in [-0.4, -0.2) is 18.0 Å². The smallest absolute Gasteiger partial charge is 0.248 e. The number of nitrogens with two attached hydrogens (primary N) is 2. The van der Waals surface area contributed by atoms with E-state index in [1.165, 1.54) is 0 Å². The third kappa shape index (κ3) is 3.15. The first-order valence-corrected chi connectivity index (χ1v) is 6.25. The average Bonchev–Trinajstić information content (AvgIpc) is 2.31. The molecule has 0 aliphatic rings. The summed E-state index contributed by atoms with van der Waals surface area (Å²) in [7, 11) is 0. The molecular weight excluding hydrogens is 250 g/mol. The average molecular weight is 270 g/mol. The monoisotopic (exact) mass is 269 g/mol. The Morgan fingerprint density at radius 3 is 2.50 bits per heavy atom. The number of rotatable bonds is 5. The molecule has 5 heteroatoms. The zero-order valence-electron chi connectivity index (χ0n) is 11.0. The molecule has 0 saturated heterocycles. The minimum Gasteiger partial charge on any atom is -0.377 e. The van der Waals surface area contributed by atoms with Crippen molar-refractivity contribution in [2.24, 2.45) is 17.4 Å².